The number of rotatable bonds is 30. The third kappa shape index (κ3) is 22.0. The number of hydrogen-bond acceptors (Lipinski definition) is 14. The number of carbonyl (C=O) groups is 10. The molecule has 0 aliphatic heterocycles. The van der Waals surface area contributed by atoms with Crippen LogP contribution in [0.15, 0.2) is 66.4 Å². The summed E-state index contributed by atoms with van der Waals surface area (Å²) in [5.74, 6) is -5.34. The number of Topliss-reactive ketones (excluding diaryl/α,β-unsaturated/α-hetero) is 1. The molecule has 1 aromatic heterocycles. The second-order valence-corrected chi connectivity index (χ2v) is 25.3. The Kier molecular flexibility index (Phi) is 27.5. The standard InChI is InChI=1S/C64H97N9O14/c1-19-84-50(75)32-31-46(58(80)85-20-2)68-54(76)40(7)34-48(38(3)4)72(17)57(79)52(62(8,9)10)70-56(78)53(64(14,15)45-36-71(16)47-26-22-21-25-44(45)47)73(18)61(83)86-37-41-27-29-43(30-28-41)67-55(77)42(24-23-33-66-59(65)81)35-49(74)51(39(5)6)69-60(82)87-63(11,12)13/h21-22,25-30,34,36,38-39,42,46,48,51-53H,19-20,23-24,31-33,35,37H2,1-18H3,(H,67,77)(H,68,76)(H,69,82)(H,70,78)(H3,65,66,81)/b40-34+/t42-,46-,48-,51?,52-,53-/m1/s1. The fourth-order valence-corrected chi connectivity index (χ4v) is 10.1. The Hall–Kier alpha value is -7.98. The number of para-hydroxylation sites is 1. The molecule has 7 N–H and O–H groups in total. The Labute approximate surface area is 513 Å². The molecule has 482 valence electrons. The van der Waals surface area contributed by atoms with E-state index in [0.717, 1.165) is 16.5 Å². The van der Waals surface area contributed by atoms with Crippen molar-refractivity contribution in [3.63, 3.8) is 0 Å². The number of amides is 8. The number of nitrogens with two attached hydrogens (primary N) is 1. The summed E-state index contributed by atoms with van der Waals surface area (Å²) in [6, 6.07) is 8.14. The summed E-state index contributed by atoms with van der Waals surface area (Å²) in [5.41, 5.74) is 5.08. The number of aryl methyl sites for hydroxylation is 1. The third-order valence-corrected chi connectivity index (χ3v) is 14.8. The Morgan fingerprint density at radius 3 is 1.93 bits per heavy atom. The first-order valence-electron chi connectivity index (χ1n) is 29.7. The second kappa shape index (κ2) is 32.7. The van der Waals surface area contributed by atoms with Crippen LogP contribution in [0.2, 0.25) is 0 Å². The highest BCUT2D eigenvalue weighted by Gasteiger charge is 2.47. The molecule has 0 saturated heterocycles. The first-order valence-corrected chi connectivity index (χ1v) is 29.7. The van der Waals surface area contributed by atoms with Crippen LogP contribution in [0.5, 0.6) is 0 Å². The molecule has 1 heterocycles. The Bertz CT molecular complexity index is 2920. The summed E-state index contributed by atoms with van der Waals surface area (Å²) in [7, 11) is 4.92. The topological polar surface area (TPSA) is 305 Å². The first kappa shape index (κ1) is 73.3. The van der Waals surface area contributed by atoms with E-state index in [0.29, 0.717) is 17.7 Å². The van der Waals surface area contributed by atoms with Gasteiger partial charge in [-0.2, -0.15) is 0 Å². The number of carbonyl (C=O) groups excluding carboxylic acids is 10. The van der Waals surface area contributed by atoms with E-state index < -0.39 is 106 Å². The maximum absolute atomic E-state index is 15.3. The minimum atomic E-state index is -1.30. The van der Waals surface area contributed by atoms with Crippen molar-refractivity contribution in [3.05, 3.63) is 77.5 Å². The molecule has 0 spiro atoms. The Balaban J connectivity index is 1.95. The molecule has 87 heavy (non-hydrogen) atoms. The molecule has 0 aliphatic carbocycles. The number of anilines is 1. The number of fused-ring (bicyclic) bond motifs is 1. The summed E-state index contributed by atoms with van der Waals surface area (Å²) >= 11 is 0. The lowest BCUT2D eigenvalue weighted by molar-refractivity contribution is -0.148. The van der Waals surface area contributed by atoms with Crippen molar-refractivity contribution in [3.8, 4) is 0 Å². The number of nitrogens with one attached hydrogen (secondary N) is 5. The fourth-order valence-electron chi connectivity index (χ4n) is 10.1. The highest BCUT2D eigenvalue weighted by atomic mass is 16.6. The smallest absolute Gasteiger partial charge is 0.410 e. The lowest BCUT2D eigenvalue weighted by Crippen LogP contribution is -2.63. The zero-order valence-electron chi connectivity index (χ0n) is 54.4. The quantitative estimate of drug-likeness (QED) is 0.0160. The average Bonchev–Trinajstić information content (AvgIpc) is 1.75. The third-order valence-electron chi connectivity index (χ3n) is 14.8. The lowest BCUT2D eigenvalue weighted by atomic mass is 9.76. The van der Waals surface area contributed by atoms with Gasteiger partial charge in [0.2, 0.25) is 23.6 Å². The predicted octanol–water partition coefficient (Wildman–Crippen LogP) is 7.96. The molecule has 0 fully saturated rings. The van der Waals surface area contributed by atoms with Gasteiger partial charge < -0.3 is 60.7 Å². The van der Waals surface area contributed by atoms with Gasteiger partial charge in [0.1, 0.15) is 30.3 Å². The van der Waals surface area contributed by atoms with Crippen molar-refractivity contribution in [1.82, 2.24) is 35.6 Å². The van der Waals surface area contributed by atoms with Crippen LogP contribution in [0.1, 0.15) is 147 Å². The number of primary amides is 1. The van der Waals surface area contributed by atoms with E-state index in [9.17, 15) is 43.2 Å². The summed E-state index contributed by atoms with van der Waals surface area (Å²) in [6.45, 7) is 26.4. The highest BCUT2D eigenvalue weighted by Crippen LogP contribution is 2.37. The van der Waals surface area contributed by atoms with E-state index in [4.69, 9.17) is 24.7 Å². The Morgan fingerprint density at radius 2 is 1.37 bits per heavy atom. The van der Waals surface area contributed by atoms with Gasteiger partial charge >= 0.3 is 30.2 Å². The molecule has 1 unspecified atom stereocenters. The summed E-state index contributed by atoms with van der Waals surface area (Å²) in [6.07, 6.45) is 1.98. The van der Waals surface area contributed by atoms with Crippen molar-refractivity contribution in [2.75, 3.05) is 39.2 Å². The number of urea groups is 1. The van der Waals surface area contributed by atoms with Gasteiger partial charge in [-0.3, -0.25) is 33.7 Å². The van der Waals surface area contributed by atoms with Crippen molar-refractivity contribution < 1.29 is 66.9 Å². The molecule has 3 aromatic rings. The van der Waals surface area contributed by atoms with Gasteiger partial charge in [0.15, 0.2) is 5.78 Å². The van der Waals surface area contributed by atoms with E-state index in [1.165, 1.54) is 16.8 Å². The average molecular weight is 1220 g/mol. The molecule has 0 radical (unpaired) electrons. The minimum Gasteiger partial charge on any atom is -0.466 e. The molecule has 0 saturated carbocycles. The van der Waals surface area contributed by atoms with Crippen LogP contribution in [0.3, 0.4) is 0 Å². The van der Waals surface area contributed by atoms with Crippen molar-refractivity contribution in [1.29, 1.82) is 0 Å². The van der Waals surface area contributed by atoms with Crippen molar-refractivity contribution in [2.24, 2.45) is 36.0 Å². The largest absolute Gasteiger partial charge is 0.466 e. The van der Waals surface area contributed by atoms with Crippen LogP contribution in [0.4, 0.5) is 20.1 Å². The zero-order chi connectivity index (χ0) is 65.9. The monoisotopic (exact) mass is 1220 g/mol. The SMILES string of the molecule is CCOC(=O)CC[C@@H](NC(=O)/C(C)=C/[C@H](C(C)C)N(C)C(=O)[C@@H](NC(=O)[C@@H](N(C)C(=O)OCc1ccc(NC(=O)[C@H](CCCNC(N)=O)CC(=O)C(NC(=O)OC(C)(C)C)C(C)C)cc1)C(C)(C)c1cn(C)c2ccccc12)C(C)(C)C)C(=O)OCC. The molecule has 23 heteroatoms. The summed E-state index contributed by atoms with van der Waals surface area (Å²) in [5, 5.41) is 14.6. The number of alkyl carbamates (subject to hydrolysis) is 1. The van der Waals surface area contributed by atoms with E-state index >= 15 is 4.79 Å². The number of benzene rings is 2. The van der Waals surface area contributed by atoms with Crippen LogP contribution < -0.4 is 32.3 Å². The molecule has 6 atom stereocenters. The number of aromatic nitrogens is 1. The van der Waals surface area contributed by atoms with E-state index in [1.54, 1.807) is 114 Å². The Morgan fingerprint density at radius 1 is 0.747 bits per heavy atom. The molecule has 8 amide bonds. The van der Waals surface area contributed by atoms with Crippen molar-refractivity contribution in [2.45, 2.75) is 184 Å². The maximum atomic E-state index is 15.3. The zero-order valence-corrected chi connectivity index (χ0v) is 54.4. The van der Waals surface area contributed by atoms with Gasteiger partial charge in [-0.25, -0.2) is 19.2 Å². The van der Waals surface area contributed by atoms with Gasteiger partial charge in [0.05, 0.1) is 25.3 Å². The maximum Gasteiger partial charge on any atom is 0.410 e. The van der Waals surface area contributed by atoms with Gasteiger partial charge in [0, 0.05) is 80.2 Å². The number of esters is 2. The highest BCUT2D eigenvalue weighted by molar-refractivity contribution is 5.98. The molecule has 3 rings (SSSR count). The molecule has 0 bridgehead atoms. The lowest BCUT2D eigenvalue weighted by Gasteiger charge is -2.42. The van der Waals surface area contributed by atoms with Crippen LogP contribution in [-0.2, 0) is 71.6 Å². The second-order valence-electron chi connectivity index (χ2n) is 25.3. The fraction of sp³-hybridized carbons (Fsp3) is 0.594. The molecular weight excluding hydrogens is 1120 g/mol. The normalized spacial score (nSPS) is 14.1. The van der Waals surface area contributed by atoms with Gasteiger partial charge in [-0.1, -0.05) is 98.7 Å². The molecule has 0 aliphatic rings. The number of ketones is 1. The predicted molar refractivity (Wildman–Crippen MR) is 332 cm³/mol. The van der Waals surface area contributed by atoms with Gasteiger partial charge in [-0.05, 0) is 107 Å². The molecule has 2 aromatic carbocycles. The number of ether oxygens (including phenoxy) is 4. The minimum absolute atomic E-state index is 0.0511. The summed E-state index contributed by atoms with van der Waals surface area (Å²) in [4.78, 5) is 138. The van der Waals surface area contributed by atoms with Gasteiger partial charge in [-0.15, -0.1) is 0 Å². The van der Waals surface area contributed by atoms with E-state index in [2.05, 4.69) is 26.6 Å². The first-order chi connectivity index (χ1) is 40.4. The van der Waals surface area contributed by atoms with E-state index in [1.807, 2.05) is 69.8 Å². The molecule has 23 nitrogen and oxygen atoms in total. The molecular formula is C64H97N9O14. The number of hydrogen-bond donors (Lipinski definition) is 6. The number of likely N-dealkylation sites (N-methyl/N-ethyl adjacent to an activating group) is 2. The van der Waals surface area contributed by atoms with Crippen LogP contribution in [0.25, 0.3) is 10.9 Å². The number of nitrogens with zero attached hydrogens (tertiary/aromatic N) is 3. The van der Waals surface area contributed by atoms with E-state index in [-0.39, 0.29) is 75.2 Å². The summed E-state index contributed by atoms with van der Waals surface area (Å²) < 4.78 is 23.4. The van der Waals surface area contributed by atoms with Gasteiger partial charge in [0.25, 0.3) is 0 Å². The van der Waals surface area contributed by atoms with Crippen LogP contribution in [0, 0.1) is 23.2 Å². The van der Waals surface area contributed by atoms with Crippen molar-refractivity contribution >= 4 is 76.2 Å². The van der Waals surface area contributed by atoms with Crippen LogP contribution >= 0.6 is 0 Å². The van der Waals surface area contributed by atoms with Crippen LogP contribution in [-0.4, -0.2) is 144 Å².